The lowest BCUT2D eigenvalue weighted by molar-refractivity contribution is 0.102. The second-order valence-electron chi connectivity index (χ2n) is 6.69. The molecule has 25 heavy (non-hydrogen) atoms. The maximum Gasteiger partial charge on any atom is 0.224 e. The summed E-state index contributed by atoms with van der Waals surface area (Å²) in [5.74, 6) is 0.572. The summed E-state index contributed by atoms with van der Waals surface area (Å²) in [6, 6.07) is 6.70. The lowest BCUT2D eigenvalue weighted by Gasteiger charge is -2.10. The fourth-order valence-corrected chi connectivity index (χ4v) is 3.85. The van der Waals surface area contributed by atoms with Crippen LogP contribution in [0.3, 0.4) is 0 Å². The standard InChI is InChI=1S/C19H20N4OS/c1-9-4-5-12(8-10(9)2)16-14-15(20)17(11(3)24)25-18(14)23-19(22-16)21-13-6-7-13/h4-5,8,13H,6-7,20H2,1-3H3,(H,21,22,23). The second kappa shape index (κ2) is 5.81. The third-order valence-electron chi connectivity index (χ3n) is 4.60. The van der Waals surface area contributed by atoms with Gasteiger partial charge in [-0.15, -0.1) is 11.3 Å². The number of hydrogen-bond acceptors (Lipinski definition) is 6. The molecule has 3 N–H and O–H groups in total. The highest BCUT2D eigenvalue weighted by Gasteiger charge is 2.25. The van der Waals surface area contributed by atoms with E-state index in [1.165, 1.54) is 29.4 Å². The number of anilines is 2. The van der Waals surface area contributed by atoms with E-state index in [1.54, 1.807) is 0 Å². The normalized spacial score (nSPS) is 14.0. The first-order valence-electron chi connectivity index (χ1n) is 8.39. The molecule has 0 unspecified atom stereocenters. The number of fused-ring (bicyclic) bond motifs is 1. The lowest BCUT2D eigenvalue weighted by Crippen LogP contribution is -2.06. The molecule has 0 saturated heterocycles. The predicted molar refractivity (Wildman–Crippen MR) is 103 cm³/mol. The van der Waals surface area contributed by atoms with Crippen molar-refractivity contribution in [1.29, 1.82) is 0 Å². The highest BCUT2D eigenvalue weighted by atomic mass is 32.1. The van der Waals surface area contributed by atoms with E-state index < -0.39 is 0 Å². The molecule has 1 aliphatic rings. The molecule has 4 rings (SSSR count). The summed E-state index contributed by atoms with van der Waals surface area (Å²) in [6.45, 7) is 5.70. The van der Waals surface area contributed by atoms with Crippen molar-refractivity contribution in [2.75, 3.05) is 11.1 Å². The van der Waals surface area contributed by atoms with Gasteiger partial charge >= 0.3 is 0 Å². The van der Waals surface area contributed by atoms with Gasteiger partial charge < -0.3 is 11.1 Å². The van der Waals surface area contributed by atoms with Crippen LogP contribution in [0.5, 0.6) is 0 Å². The van der Waals surface area contributed by atoms with E-state index in [2.05, 4.69) is 42.3 Å². The molecule has 0 bridgehead atoms. The van der Waals surface area contributed by atoms with E-state index in [9.17, 15) is 4.79 Å². The van der Waals surface area contributed by atoms with Crippen LogP contribution in [0, 0.1) is 13.8 Å². The first kappa shape index (κ1) is 16.0. The third-order valence-corrected chi connectivity index (χ3v) is 5.80. The third kappa shape index (κ3) is 2.87. The van der Waals surface area contributed by atoms with Crippen molar-refractivity contribution in [3.63, 3.8) is 0 Å². The summed E-state index contributed by atoms with van der Waals surface area (Å²) >= 11 is 1.34. The van der Waals surface area contributed by atoms with Gasteiger partial charge in [-0.1, -0.05) is 12.1 Å². The molecule has 2 aromatic heterocycles. The molecule has 128 valence electrons. The highest BCUT2D eigenvalue weighted by Crippen LogP contribution is 2.40. The first-order chi connectivity index (χ1) is 11.9. The van der Waals surface area contributed by atoms with E-state index in [-0.39, 0.29) is 5.78 Å². The van der Waals surface area contributed by atoms with Crippen molar-refractivity contribution >= 4 is 39.0 Å². The van der Waals surface area contributed by atoms with Gasteiger partial charge in [0.25, 0.3) is 0 Å². The summed E-state index contributed by atoms with van der Waals surface area (Å²) < 4.78 is 0. The Balaban J connectivity index is 1.97. The van der Waals surface area contributed by atoms with Crippen LogP contribution in [0.2, 0.25) is 0 Å². The van der Waals surface area contributed by atoms with E-state index in [1.807, 2.05) is 0 Å². The Hall–Kier alpha value is -2.47. The highest BCUT2D eigenvalue weighted by molar-refractivity contribution is 7.21. The fraction of sp³-hybridized carbons (Fsp3) is 0.316. The Kier molecular flexibility index (Phi) is 3.72. The number of carbonyl (C=O) groups excluding carboxylic acids is 1. The number of nitrogens with zero attached hydrogens (tertiary/aromatic N) is 2. The van der Waals surface area contributed by atoms with Crippen LogP contribution in [0.25, 0.3) is 21.5 Å². The average molecular weight is 352 g/mol. The summed E-state index contributed by atoms with van der Waals surface area (Å²) in [7, 11) is 0. The fourth-order valence-electron chi connectivity index (χ4n) is 2.86. The average Bonchev–Trinajstić information content (AvgIpc) is 3.31. The number of hydrogen-bond donors (Lipinski definition) is 2. The zero-order valence-corrected chi connectivity index (χ0v) is 15.3. The number of aromatic nitrogens is 2. The molecule has 0 spiro atoms. The van der Waals surface area contributed by atoms with Gasteiger partial charge in [0.05, 0.1) is 21.6 Å². The SMILES string of the molecule is CC(=O)c1sc2nc(NC3CC3)nc(-c3ccc(C)c(C)c3)c2c1N. The van der Waals surface area contributed by atoms with Crippen LogP contribution in [0.15, 0.2) is 18.2 Å². The summed E-state index contributed by atoms with van der Waals surface area (Å²) in [6.07, 6.45) is 2.29. The van der Waals surface area contributed by atoms with Gasteiger partial charge in [0.15, 0.2) is 5.78 Å². The van der Waals surface area contributed by atoms with Gasteiger partial charge in [0, 0.05) is 18.5 Å². The van der Waals surface area contributed by atoms with Gasteiger partial charge in [0.2, 0.25) is 5.95 Å². The molecule has 1 aliphatic carbocycles. The molecular formula is C19H20N4OS. The minimum Gasteiger partial charge on any atom is -0.397 e. The van der Waals surface area contributed by atoms with Crippen molar-refractivity contribution in [3.8, 4) is 11.3 Å². The van der Waals surface area contributed by atoms with Crippen LogP contribution in [0.1, 0.15) is 40.6 Å². The van der Waals surface area contributed by atoms with E-state index in [0.717, 1.165) is 34.3 Å². The van der Waals surface area contributed by atoms with Gasteiger partial charge in [-0.3, -0.25) is 4.79 Å². The van der Waals surface area contributed by atoms with Crippen LogP contribution in [0.4, 0.5) is 11.6 Å². The topological polar surface area (TPSA) is 80.9 Å². The summed E-state index contributed by atoms with van der Waals surface area (Å²) in [5, 5.41) is 4.14. The molecule has 1 fully saturated rings. The monoisotopic (exact) mass is 352 g/mol. The number of benzene rings is 1. The number of carbonyl (C=O) groups is 1. The number of rotatable bonds is 4. The van der Waals surface area contributed by atoms with Gasteiger partial charge in [-0.05, 0) is 43.9 Å². The second-order valence-corrected chi connectivity index (χ2v) is 7.69. The number of nitrogen functional groups attached to an aromatic ring is 1. The zero-order chi connectivity index (χ0) is 17.7. The minimum absolute atomic E-state index is 0.0387. The number of thiophene rings is 1. The van der Waals surface area contributed by atoms with Crippen molar-refractivity contribution in [1.82, 2.24) is 9.97 Å². The Labute approximate surface area is 150 Å². The Morgan fingerprint density at radius 3 is 2.64 bits per heavy atom. The molecule has 6 heteroatoms. The summed E-state index contributed by atoms with van der Waals surface area (Å²) in [4.78, 5) is 22.6. The van der Waals surface area contributed by atoms with Gasteiger partial charge in [-0.2, -0.15) is 0 Å². The van der Waals surface area contributed by atoms with Gasteiger partial charge in [0.1, 0.15) is 4.83 Å². The van der Waals surface area contributed by atoms with E-state index in [0.29, 0.717) is 22.6 Å². The molecule has 0 radical (unpaired) electrons. The quantitative estimate of drug-likeness (QED) is 0.683. The summed E-state index contributed by atoms with van der Waals surface area (Å²) in [5.41, 5.74) is 11.0. The number of Topliss-reactive ketones (excluding diaryl/α,β-unsaturated/α-hetero) is 1. The molecule has 0 amide bonds. The van der Waals surface area contributed by atoms with E-state index >= 15 is 0 Å². The van der Waals surface area contributed by atoms with Crippen molar-refractivity contribution in [3.05, 3.63) is 34.2 Å². The molecular weight excluding hydrogens is 332 g/mol. The van der Waals surface area contributed by atoms with Crippen molar-refractivity contribution in [2.45, 2.75) is 39.7 Å². The number of nitrogens with two attached hydrogens (primary N) is 1. The predicted octanol–water partition coefficient (Wildman–Crippen LogP) is 4.33. The Bertz CT molecular complexity index is 1000. The smallest absolute Gasteiger partial charge is 0.224 e. The molecule has 1 aromatic carbocycles. The maximum atomic E-state index is 11.9. The van der Waals surface area contributed by atoms with Crippen LogP contribution in [-0.4, -0.2) is 21.8 Å². The molecule has 5 nitrogen and oxygen atoms in total. The minimum atomic E-state index is -0.0387. The van der Waals surface area contributed by atoms with Crippen LogP contribution in [-0.2, 0) is 0 Å². The molecule has 2 heterocycles. The van der Waals surface area contributed by atoms with Crippen molar-refractivity contribution in [2.24, 2.45) is 0 Å². The van der Waals surface area contributed by atoms with Crippen LogP contribution >= 0.6 is 11.3 Å². The first-order valence-corrected chi connectivity index (χ1v) is 9.21. The number of ketones is 1. The van der Waals surface area contributed by atoms with Crippen molar-refractivity contribution < 1.29 is 4.79 Å². The number of aryl methyl sites for hydroxylation is 2. The maximum absolute atomic E-state index is 11.9. The van der Waals surface area contributed by atoms with Crippen LogP contribution < -0.4 is 11.1 Å². The van der Waals surface area contributed by atoms with E-state index in [4.69, 9.17) is 10.7 Å². The molecule has 1 saturated carbocycles. The molecule has 0 aliphatic heterocycles. The zero-order valence-electron chi connectivity index (χ0n) is 14.5. The van der Waals surface area contributed by atoms with Gasteiger partial charge in [-0.25, -0.2) is 9.97 Å². The number of nitrogens with one attached hydrogen (secondary N) is 1. The molecule has 3 aromatic rings. The Morgan fingerprint density at radius 2 is 2.00 bits per heavy atom. The Morgan fingerprint density at radius 1 is 1.24 bits per heavy atom. The molecule has 0 atom stereocenters. The lowest BCUT2D eigenvalue weighted by atomic mass is 10.0. The largest absolute Gasteiger partial charge is 0.397 e.